The third-order valence-corrected chi connectivity index (χ3v) is 12.4. The van der Waals surface area contributed by atoms with Crippen LogP contribution in [-0.2, 0) is 14.3 Å². The number of nitrogens with one attached hydrogen (secondary N) is 1. The zero-order chi connectivity index (χ0) is 46.2. The van der Waals surface area contributed by atoms with Crippen molar-refractivity contribution in [2.45, 2.75) is 274 Å². The van der Waals surface area contributed by atoms with Gasteiger partial charge in [-0.15, -0.1) is 0 Å². The lowest BCUT2D eigenvalue weighted by molar-refractivity contribution is -0.303. The minimum atomic E-state index is -1.67. The average Bonchev–Trinajstić information content (AvgIpc) is 3.28. The molecule has 1 fully saturated rings. The highest BCUT2D eigenvalue weighted by atomic mass is 16.7. The lowest BCUT2D eigenvalue weighted by Gasteiger charge is -2.40. The van der Waals surface area contributed by atoms with Gasteiger partial charge in [0.25, 0.3) is 0 Å². The summed E-state index contributed by atoms with van der Waals surface area (Å²) in [7, 11) is 0. The SMILES string of the molecule is CCCC/C=C\CCCCCCC(O)C(=O)NC(COC1OC(CO)C(O)C(O)C1O)C(O)C(O)CCC/C=C/CC/C=C/CCCCCCCCCCCCCCCCCCC. The quantitative estimate of drug-likeness (QED) is 0.0216. The summed E-state index contributed by atoms with van der Waals surface area (Å²) >= 11 is 0. The Morgan fingerprint density at radius 1 is 0.540 bits per heavy atom. The number of carbonyl (C=O) groups excluding carboxylic acids is 1. The smallest absolute Gasteiger partial charge is 0.249 e. The number of unbranched alkanes of at least 4 members (excludes halogenated alkanes) is 25. The van der Waals surface area contributed by atoms with E-state index in [-0.39, 0.29) is 12.8 Å². The zero-order valence-electron chi connectivity index (χ0n) is 40.1. The van der Waals surface area contributed by atoms with Gasteiger partial charge in [-0.1, -0.05) is 185 Å². The number of hydrogen-bond donors (Lipinski definition) is 8. The minimum absolute atomic E-state index is 0.235. The number of aliphatic hydroxyl groups excluding tert-OH is 7. The van der Waals surface area contributed by atoms with E-state index in [0.29, 0.717) is 19.3 Å². The Bertz CT molecular complexity index is 1120. The molecule has 0 aliphatic carbocycles. The monoisotopic (exact) mass is 896 g/mol. The normalized spacial score (nSPS) is 21.4. The molecule has 0 spiro atoms. The van der Waals surface area contributed by atoms with Gasteiger partial charge in [-0.2, -0.15) is 0 Å². The third-order valence-electron chi connectivity index (χ3n) is 12.4. The summed E-state index contributed by atoms with van der Waals surface area (Å²) in [5.74, 6) is -0.722. The summed E-state index contributed by atoms with van der Waals surface area (Å²) in [5, 5.41) is 75.6. The number of aliphatic hydroxyl groups is 7. The van der Waals surface area contributed by atoms with Gasteiger partial charge in [0, 0.05) is 0 Å². The summed E-state index contributed by atoms with van der Waals surface area (Å²) in [6.07, 6.45) is 38.0. The molecule has 0 aromatic carbocycles. The molecule has 63 heavy (non-hydrogen) atoms. The average molecular weight is 896 g/mol. The molecule has 1 heterocycles. The van der Waals surface area contributed by atoms with Gasteiger partial charge in [-0.05, 0) is 70.6 Å². The van der Waals surface area contributed by atoms with Crippen LogP contribution in [0.5, 0.6) is 0 Å². The van der Waals surface area contributed by atoms with Crippen molar-refractivity contribution < 1.29 is 50.0 Å². The van der Waals surface area contributed by atoms with Gasteiger partial charge >= 0.3 is 0 Å². The fraction of sp³-hybridized carbons (Fsp3) is 0.865. The summed E-state index contributed by atoms with van der Waals surface area (Å²) in [5.41, 5.74) is 0. The van der Waals surface area contributed by atoms with Gasteiger partial charge in [0.1, 0.15) is 36.6 Å². The lowest BCUT2D eigenvalue weighted by Crippen LogP contribution is -2.60. The molecule has 0 saturated carbocycles. The van der Waals surface area contributed by atoms with E-state index >= 15 is 0 Å². The second kappa shape index (κ2) is 41.7. The Kier molecular flexibility index (Phi) is 39.3. The standard InChI is InChI=1S/C52H97NO10/c1-3-5-7-9-11-13-15-16-17-18-19-20-21-22-23-24-25-26-27-28-29-30-32-33-35-37-39-44(55)47(57)43(42-62-52-50(60)49(59)48(58)46(41-54)63-52)53-51(61)45(56)40-38-36-34-31-14-12-10-8-6-4-2/h10,12,27-28,32-33,43-50,52,54-60H,3-9,11,13-26,29-31,34-42H2,1-2H3,(H,53,61)/b12-10-,28-27+,33-32+. The van der Waals surface area contributed by atoms with E-state index in [1.54, 1.807) is 0 Å². The first-order valence-corrected chi connectivity index (χ1v) is 25.9. The van der Waals surface area contributed by atoms with E-state index in [4.69, 9.17) is 9.47 Å². The maximum Gasteiger partial charge on any atom is 0.249 e. The van der Waals surface area contributed by atoms with E-state index in [1.165, 1.54) is 122 Å². The number of rotatable bonds is 43. The molecule has 0 aromatic heterocycles. The Morgan fingerprint density at radius 2 is 0.968 bits per heavy atom. The first-order valence-electron chi connectivity index (χ1n) is 25.9. The topological polar surface area (TPSA) is 189 Å². The van der Waals surface area contributed by atoms with Crippen molar-refractivity contribution in [3.8, 4) is 0 Å². The molecule has 0 radical (unpaired) electrons. The summed E-state index contributed by atoms with van der Waals surface area (Å²) in [4.78, 5) is 13.0. The van der Waals surface area contributed by atoms with E-state index in [1.807, 2.05) is 0 Å². The van der Waals surface area contributed by atoms with Crippen LogP contribution in [0, 0.1) is 0 Å². The molecule has 370 valence electrons. The van der Waals surface area contributed by atoms with Crippen LogP contribution < -0.4 is 5.32 Å². The van der Waals surface area contributed by atoms with Crippen LogP contribution in [0.25, 0.3) is 0 Å². The number of hydrogen-bond acceptors (Lipinski definition) is 10. The van der Waals surface area contributed by atoms with Crippen molar-refractivity contribution >= 4 is 5.91 Å². The maximum absolute atomic E-state index is 13.0. The molecule has 1 rings (SSSR count). The fourth-order valence-corrected chi connectivity index (χ4v) is 8.09. The molecule has 1 amide bonds. The molecular formula is C52H97NO10. The predicted molar refractivity (Wildman–Crippen MR) is 256 cm³/mol. The molecule has 9 unspecified atom stereocenters. The minimum Gasteiger partial charge on any atom is -0.394 e. The van der Waals surface area contributed by atoms with Crippen molar-refractivity contribution in [2.75, 3.05) is 13.2 Å². The van der Waals surface area contributed by atoms with E-state index in [2.05, 4.69) is 55.6 Å². The summed E-state index contributed by atoms with van der Waals surface area (Å²) in [6.45, 7) is 3.37. The molecule has 11 nitrogen and oxygen atoms in total. The summed E-state index contributed by atoms with van der Waals surface area (Å²) in [6, 6.07) is -1.19. The first-order chi connectivity index (χ1) is 30.7. The highest BCUT2D eigenvalue weighted by Gasteiger charge is 2.44. The molecule has 0 bridgehead atoms. The van der Waals surface area contributed by atoms with Crippen LogP contribution in [0.3, 0.4) is 0 Å². The van der Waals surface area contributed by atoms with Crippen LogP contribution in [0.15, 0.2) is 36.5 Å². The fourth-order valence-electron chi connectivity index (χ4n) is 8.09. The van der Waals surface area contributed by atoms with Crippen LogP contribution >= 0.6 is 0 Å². The van der Waals surface area contributed by atoms with Gasteiger partial charge < -0.3 is 50.5 Å². The van der Waals surface area contributed by atoms with Gasteiger partial charge in [-0.25, -0.2) is 0 Å². The number of ether oxygens (including phenoxy) is 2. The highest BCUT2D eigenvalue weighted by Crippen LogP contribution is 2.23. The molecule has 1 aliphatic rings. The Balaban J connectivity index is 2.34. The molecule has 8 N–H and O–H groups in total. The van der Waals surface area contributed by atoms with E-state index in [9.17, 15) is 40.5 Å². The van der Waals surface area contributed by atoms with Gasteiger partial charge in [0.05, 0.1) is 25.4 Å². The van der Waals surface area contributed by atoms with Crippen molar-refractivity contribution in [1.29, 1.82) is 0 Å². The van der Waals surface area contributed by atoms with Gasteiger partial charge in [0.2, 0.25) is 5.91 Å². The van der Waals surface area contributed by atoms with Crippen LogP contribution in [0.2, 0.25) is 0 Å². The molecular weight excluding hydrogens is 799 g/mol. The zero-order valence-corrected chi connectivity index (χ0v) is 40.1. The second-order valence-electron chi connectivity index (χ2n) is 18.2. The van der Waals surface area contributed by atoms with Gasteiger partial charge in [-0.3, -0.25) is 4.79 Å². The largest absolute Gasteiger partial charge is 0.394 e. The molecule has 1 saturated heterocycles. The molecule has 0 aromatic rings. The highest BCUT2D eigenvalue weighted by molar-refractivity contribution is 5.80. The first kappa shape index (κ1) is 59.3. The van der Waals surface area contributed by atoms with Gasteiger partial charge in [0.15, 0.2) is 6.29 Å². The van der Waals surface area contributed by atoms with E-state index < -0.39 is 74.2 Å². The molecule has 9 atom stereocenters. The summed E-state index contributed by atoms with van der Waals surface area (Å²) < 4.78 is 11.1. The lowest BCUT2D eigenvalue weighted by atomic mass is 9.98. The maximum atomic E-state index is 13.0. The Labute approximate surface area is 384 Å². The predicted octanol–water partition coefficient (Wildman–Crippen LogP) is 9.56. The van der Waals surface area contributed by atoms with Crippen LogP contribution in [0.1, 0.15) is 219 Å². The van der Waals surface area contributed by atoms with E-state index in [0.717, 1.165) is 51.4 Å². The molecule has 1 aliphatic heterocycles. The third kappa shape index (κ3) is 31.0. The Hall–Kier alpha value is -1.67. The van der Waals surface area contributed by atoms with Crippen molar-refractivity contribution in [2.24, 2.45) is 0 Å². The Morgan fingerprint density at radius 3 is 1.46 bits per heavy atom. The number of amides is 1. The van der Waals surface area contributed by atoms with Crippen LogP contribution in [-0.4, -0.2) is 110 Å². The number of allylic oxidation sites excluding steroid dienone is 6. The van der Waals surface area contributed by atoms with Crippen LogP contribution in [0.4, 0.5) is 0 Å². The number of carbonyl (C=O) groups is 1. The second-order valence-corrected chi connectivity index (χ2v) is 18.2. The van der Waals surface area contributed by atoms with Crippen molar-refractivity contribution in [3.05, 3.63) is 36.5 Å². The molecule has 11 heteroatoms. The van der Waals surface area contributed by atoms with Crippen molar-refractivity contribution in [1.82, 2.24) is 5.32 Å². The van der Waals surface area contributed by atoms with Crippen molar-refractivity contribution in [3.63, 3.8) is 0 Å².